The van der Waals surface area contributed by atoms with Crippen molar-refractivity contribution in [2.24, 2.45) is 0 Å². The molecule has 4 heterocycles. The molecule has 2 aliphatic rings. The predicted molar refractivity (Wildman–Crippen MR) is 128 cm³/mol. The van der Waals surface area contributed by atoms with Gasteiger partial charge in [0, 0.05) is 38.0 Å². The number of nitrogens with one attached hydrogen (secondary N) is 2. The summed E-state index contributed by atoms with van der Waals surface area (Å²) in [5.74, 6) is 0.440. The van der Waals surface area contributed by atoms with E-state index in [1.54, 1.807) is 11.1 Å². The van der Waals surface area contributed by atoms with Crippen LogP contribution in [0.3, 0.4) is 0 Å². The second-order valence-electron chi connectivity index (χ2n) is 8.78. The molecule has 5 rings (SSSR count). The molecule has 3 aromatic rings. The van der Waals surface area contributed by atoms with E-state index in [4.69, 9.17) is 4.74 Å². The first-order valence-corrected chi connectivity index (χ1v) is 11.7. The number of hydrogen-bond acceptors (Lipinski definition) is 6. The monoisotopic (exact) mass is 525 g/mol. The number of carbonyl (C=O) groups excluding carboxylic acids is 1. The fourth-order valence-corrected chi connectivity index (χ4v) is 4.71. The van der Waals surface area contributed by atoms with E-state index in [0.717, 1.165) is 54.8 Å². The Hall–Kier alpha value is -2.89. The van der Waals surface area contributed by atoms with Crippen molar-refractivity contribution < 1.29 is 27.4 Å². The van der Waals surface area contributed by atoms with Crippen LogP contribution in [0.15, 0.2) is 36.5 Å². The van der Waals surface area contributed by atoms with Gasteiger partial charge in [-0.2, -0.15) is 0 Å². The van der Waals surface area contributed by atoms with Gasteiger partial charge in [0.2, 0.25) is 0 Å². The zero-order chi connectivity index (χ0) is 24.4. The van der Waals surface area contributed by atoms with Crippen molar-refractivity contribution in [3.8, 4) is 5.75 Å². The number of H-pyrrole nitrogens is 1. The number of hydrogen-bond donors (Lipinski definition) is 2. The highest BCUT2D eigenvalue weighted by atomic mass is 35.5. The van der Waals surface area contributed by atoms with Crippen LogP contribution in [-0.4, -0.2) is 64.9 Å². The lowest BCUT2D eigenvalue weighted by Crippen LogP contribution is -2.38. The summed E-state index contributed by atoms with van der Waals surface area (Å²) in [6, 6.07) is 7.03. The number of halogens is 4. The van der Waals surface area contributed by atoms with Gasteiger partial charge in [0.1, 0.15) is 17.7 Å². The Balaban J connectivity index is 0.00000304. The lowest BCUT2D eigenvalue weighted by atomic mass is 9.89. The molecule has 1 atom stereocenters. The lowest BCUT2D eigenvalue weighted by molar-refractivity contribution is -0.274. The molecule has 194 valence electrons. The molecule has 2 fully saturated rings. The van der Waals surface area contributed by atoms with Gasteiger partial charge >= 0.3 is 6.36 Å². The van der Waals surface area contributed by atoms with Gasteiger partial charge in [0.15, 0.2) is 5.65 Å². The molecule has 0 radical (unpaired) electrons. The molecule has 1 aromatic carbocycles. The maximum absolute atomic E-state index is 12.9. The standard InChI is InChI=1S/C24H26F3N5O3.ClH/c25-24(26,27)35-17-4-2-16(3-5-17)23(33)32-11-7-15(8-12-32)18-6-10-29-22-20(18)30-21(31-22)19-14-28-9-1-13-34-19;/h2-6,10,15,19,28H,1,7-9,11-14H2,(H,29,30,31);1H. The number of fused-ring (bicyclic) bond motifs is 1. The highest BCUT2D eigenvalue weighted by Gasteiger charge is 2.31. The molecule has 8 nitrogen and oxygen atoms in total. The molecule has 0 spiro atoms. The minimum absolute atomic E-state index is 0. The highest BCUT2D eigenvalue weighted by Crippen LogP contribution is 2.33. The predicted octanol–water partition coefficient (Wildman–Crippen LogP) is 4.35. The van der Waals surface area contributed by atoms with Crippen LogP contribution in [0.4, 0.5) is 13.2 Å². The summed E-state index contributed by atoms with van der Waals surface area (Å²) < 4.78 is 46.9. The van der Waals surface area contributed by atoms with E-state index in [0.29, 0.717) is 37.5 Å². The first kappa shape index (κ1) is 26.2. The van der Waals surface area contributed by atoms with Crippen LogP contribution in [0.5, 0.6) is 5.75 Å². The van der Waals surface area contributed by atoms with Crippen molar-refractivity contribution in [3.63, 3.8) is 0 Å². The quantitative estimate of drug-likeness (QED) is 0.526. The maximum Gasteiger partial charge on any atom is 0.573 e. The molecule has 0 aliphatic carbocycles. The van der Waals surface area contributed by atoms with Crippen molar-refractivity contribution in [3.05, 3.63) is 53.5 Å². The van der Waals surface area contributed by atoms with Crippen LogP contribution in [0, 0.1) is 0 Å². The smallest absolute Gasteiger partial charge is 0.406 e. The Morgan fingerprint density at radius 3 is 2.61 bits per heavy atom. The number of rotatable bonds is 4. The number of piperidine rings is 1. The van der Waals surface area contributed by atoms with Gasteiger partial charge < -0.3 is 24.7 Å². The Morgan fingerprint density at radius 2 is 1.89 bits per heavy atom. The number of carbonyl (C=O) groups is 1. The average Bonchev–Trinajstić information content (AvgIpc) is 3.10. The number of aromatic amines is 1. The van der Waals surface area contributed by atoms with Gasteiger partial charge in [0.05, 0.1) is 5.52 Å². The Kier molecular flexibility index (Phi) is 8.01. The lowest BCUT2D eigenvalue weighted by Gasteiger charge is -2.32. The van der Waals surface area contributed by atoms with Crippen molar-refractivity contribution >= 4 is 29.5 Å². The Bertz CT molecular complexity index is 1170. The number of imidazole rings is 1. The van der Waals surface area contributed by atoms with Crippen molar-refractivity contribution in [1.82, 2.24) is 25.2 Å². The third kappa shape index (κ3) is 5.91. The SMILES string of the molecule is Cl.O=C(c1ccc(OC(F)(F)F)cc1)N1CCC(c2ccnc3nc(C4CNCCCO4)[nH]c23)CC1. The first-order chi connectivity index (χ1) is 16.9. The highest BCUT2D eigenvalue weighted by molar-refractivity contribution is 5.94. The Morgan fingerprint density at radius 1 is 1.14 bits per heavy atom. The number of pyridine rings is 1. The Labute approximate surface area is 212 Å². The van der Waals surface area contributed by atoms with E-state index in [1.807, 2.05) is 6.07 Å². The van der Waals surface area contributed by atoms with Gasteiger partial charge in [-0.25, -0.2) is 9.97 Å². The minimum atomic E-state index is -4.76. The zero-order valence-electron chi connectivity index (χ0n) is 19.4. The molecule has 2 aliphatic heterocycles. The van der Waals surface area contributed by atoms with E-state index in [-0.39, 0.29) is 36.1 Å². The van der Waals surface area contributed by atoms with Crippen LogP contribution in [0.2, 0.25) is 0 Å². The summed E-state index contributed by atoms with van der Waals surface area (Å²) in [7, 11) is 0. The van der Waals surface area contributed by atoms with Crippen LogP contribution in [0.1, 0.15) is 53.0 Å². The molecule has 2 N–H and O–H groups in total. The summed E-state index contributed by atoms with van der Waals surface area (Å²) in [5.41, 5.74) is 3.01. The zero-order valence-corrected chi connectivity index (χ0v) is 20.2. The second kappa shape index (κ2) is 11.0. The number of ether oxygens (including phenoxy) is 2. The number of amides is 1. The van der Waals surface area contributed by atoms with Gasteiger partial charge in [-0.3, -0.25) is 4.79 Å². The third-order valence-corrected chi connectivity index (χ3v) is 6.45. The average molecular weight is 526 g/mol. The van der Waals surface area contributed by atoms with Gasteiger partial charge in [-0.05, 0) is 67.6 Å². The summed E-state index contributed by atoms with van der Waals surface area (Å²) in [6.07, 6.45) is -0.668. The largest absolute Gasteiger partial charge is 0.573 e. The molecule has 0 bridgehead atoms. The molecular weight excluding hydrogens is 499 g/mol. The molecular formula is C24H27ClF3N5O3. The summed E-state index contributed by atoms with van der Waals surface area (Å²) in [6.45, 7) is 3.39. The molecule has 12 heteroatoms. The number of aromatic nitrogens is 3. The fraction of sp³-hybridized carbons (Fsp3) is 0.458. The maximum atomic E-state index is 12.9. The van der Waals surface area contributed by atoms with E-state index in [1.165, 1.54) is 12.1 Å². The van der Waals surface area contributed by atoms with Crippen LogP contribution in [-0.2, 0) is 4.74 Å². The number of likely N-dealkylation sites (tertiary alicyclic amines) is 1. The minimum Gasteiger partial charge on any atom is -0.406 e. The van der Waals surface area contributed by atoms with Crippen LogP contribution in [0.25, 0.3) is 11.2 Å². The van der Waals surface area contributed by atoms with Gasteiger partial charge in [-0.15, -0.1) is 25.6 Å². The number of alkyl halides is 3. The van der Waals surface area contributed by atoms with Crippen molar-refractivity contribution in [1.29, 1.82) is 0 Å². The summed E-state index contributed by atoms with van der Waals surface area (Å²) in [4.78, 5) is 27.1. The second-order valence-corrected chi connectivity index (χ2v) is 8.78. The first-order valence-electron chi connectivity index (χ1n) is 11.7. The number of nitrogens with zero attached hydrogens (tertiary/aromatic N) is 3. The molecule has 36 heavy (non-hydrogen) atoms. The molecule has 2 aromatic heterocycles. The summed E-state index contributed by atoms with van der Waals surface area (Å²) >= 11 is 0. The molecule has 1 unspecified atom stereocenters. The van der Waals surface area contributed by atoms with Crippen LogP contribution < -0.4 is 10.1 Å². The molecule has 2 saturated heterocycles. The number of benzene rings is 1. The van der Waals surface area contributed by atoms with E-state index in [2.05, 4.69) is 25.0 Å². The van der Waals surface area contributed by atoms with Crippen molar-refractivity contribution in [2.75, 3.05) is 32.8 Å². The molecule has 0 saturated carbocycles. The van der Waals surface area contributed by atoms with Gasteiger partial charge in [-0.1, -0.05) is 0 Å². The fourth-order valence-electron chi connectivity index (χ4n) is 4.71. The molecule has 1 amide bonds. The van der Waals surface area contributed by atoms with Gasteiger partial charge in [0.25, 0.3) is 5.91 Å². The third-order valence-electron chi connectivity index (χ3n) is 6.45. The normalized spacial score (nSPS) is 19.5. The van der Waals surface area contributed by atoms with E-state index in [9.17, 15) is 18.0 Å². The van der Waals surface area contributed by atoms with E-state index < -0.39 is 6.36 Å². The topological polar surface area (TPSA) is 92.4 Å². The van der Waals surface area contributed by atoms with Crippen LogP contribution >= 0.6 is 12.4 Å². The van der Waals surface area contributed by atoms with E-state index >= 15 is 0 Å². The van der Waals surface area contributed by atoms with Crippen molar-refractivity contribution in [2.45, 2.75) is 37.6 Å². The summed E-state index contributed by atoms with van der Waals surface area (Å²) in [5, 5.41) is 3.36.